The van der Waals surface area contributed by atoms with Gasteiger partial charge in [-0.1, -0.05) is 11.6 Å². The number of nitro groups is 1. The topological polar surface area (TPSA) is 115 Å². The van der Waals surface area contributed by atoms with E-state index in [-0.39, 0.29) is 27.7 Å². The van der Waals surface area contributed by atoms with Crippen LogP contribution >= 0.6 is 11.6 Å². The van der Waals surface area contributed by atoms with Crippen LogP contribution in [0.15, 0.2) is 23.1 Å². The Morgan fingerprint density at radius 3 is 2.61 bits per heavy atom. The predicted molar refractivity (Wildman–Crippen MR) is 64.8 cm³/mol. The van der Waals surface area contributed by atoms with E-state index in [1.807, 2.05) is 0 Å². The van der Waals surface area contributed by atoms with Gasteiger partial charge in [0.25, 0.3) is 5.69 Å². The fourth-order valence-electron chi connectivity index (χ4n) is 1.42. The normalized spacial score (nSPS) is 22.8. The van der Waals surface area contributed by atoms with Crippen LogP contribution in [0.4, 0.5) is 5.69 Å². The number of hydrogen-bond acceptors (Lipinski definition) is 5. The fourth-order valence-corrected chi connectivity index (χ4v) is 3.24. The Hall–Kier alpha value is -1.22. The zero-order valence-corrected chi connectivity index (χ0v) is 10.6. The number of halogens is 1. The molecular formula is C9H10ClN3O4S. The van der Waals surface area contributed by atoms with Crippen LogP contribution in [0.25, 0.3) is 0 Å². The van der Waals surface area contributed by atoms with Gasteiger partial charge in [0, 0.05) is 24.2 Å². The second-order valence-corrected chi connectivity index (χ2v) is 6.09. The quantitative estimate of drug-likeness (QED) is 0.623. The van der Waals surface area contributed by atoms with Crippen molar-refractivity contribution >= 4 is 27.3 Å². The molecule has 7 nitrogen and oxygen atoms in total. The van der Waals surface area contributed by atoms with Crippen molar-refractivity contribution in [2.24, 2.45) is 5.73 Å². The lowest BCUT2D eigenvalue weighted by atomic mass is 10.3. The first-order chi connectivity index (χ1) is 8.31. The smallest absolute Gasteiger partial charge is 0.270 e. The number of benzene rings is 1. The molecule has 3 N–H and O–H groups in total. The Morgan fingerprint density at radius 1 is 1.50 bits per heavy atom. The Kier molecular flexibility index (Phi) is 3.28. The summed E-state index contributed by atoms with van der Waals surface area (Å²) in [4.78, 5) is 9.62. The number of rotatable bonds is 4. The standard InChI is InChI=1S/C9H10ClN3O4S/c10-6-2-1-5(13(14)15)3-9(6)18(16,17)12-8-4-7(8)11/h1-3,7-8,12H,4,11H2. The molecule has 2 atom stereocenters. The van der Waals surface area contributed by atoms with Crippen molar-refractivity contribution in [1.82, 2.24) is 4.72 Å². The molecule has 0 heterocycles. The highest BCUT2D eigenvalue weighted by Crippen LogP contribution is 2.28. The van der Waals surface area contributed by atoms with Crippen LogP contribution in [0.2, 0.25) is 5.02 Å². The molecule has 18 heavy (non-hydrogen) atoms. The van der Waals surface area contributed by atoms with Gasteiger partial charge in [0.05, 0.1) is 9.95 Å². The summed E-state index contributed by atoms with van der Waals surface area (Å²) < 4.78 is 26.2. The van der Waals surface area contributed by atoms with E-state index in [0.717, 1.165) is 12.1 Å². The van der Waals surface area contributed by atoms with E-state index < -0.39 is 14.9 Å². The minimum atomic E-state index is -3.88. The van der Waals surface area contributed by atoms with Gasteiger partial charge in [-0.15, -0.1) is 0 Å². The lowest BCUT2D eigenvalue weighted by Gasteiger charge is -2.07. The van der Waals surface area contributed by atoms with Gasteiger partial charge in [-0.05, 0) is 12.5 Å². The zero-order valence-electron chi connectivity index (χ0n) is 9.04. The van der Waals surface area contributed by atoms with E-state index in [1.54, 1.807) is 0 Å². The Labute approximate surface area is 108 Å². The van der Waals surface area contributed by atoms with Crippen molar-refractivity contribution in [3.05, 3.63) is 33.3 Å². The highest BCUT2D eigenvalue weighted by atomic mass is 35.5. The van der Waals surface area contributed by atoms with Crippen LogP contribution in [-0.2, 0) is 10.0 Å². The molecule has 0 aromatic heterocycles. The molecule has 9 heteroatoms. The summed E-state index contributed by atoms with van der Waals surface area (Å²) in [5.41, 5.74) is 5.17. The van der Waals surface area contributed by atoms with Crippen molar-refractivity contribution in [2.45, 2.75) is 23.4 Å². The Bertz CT molecular complexity index is 604. The van der Waals surface area contributed by atoms with E-state index in [4.69, 9.17) is 17.3 Å². The summed E-state index contributed by atoms with van der Waals surface area (Å²) >= 11 is 5.75. The van der Waals surface area contributed by atoms with Gasteiger partial charge in [-0.2, -0.15) is 0 Å². The number of non-ortho nitro benzene ring substituents is 1. The molecule has 1 aromatic carbocycles. The van der Waals surface area contributed by atoms with Crippen LogP contribution in [0.5, 0.6) is 0 Å². The lowest BCUT2D eigenvalue weighted by Crippen LogP contribution is -2.30. The van der Waals surface area contributed by atoms with E-state index in [9.17, 15) is 18.5 Å². The summed E-state index contributed by atoms with van der Waals surface area (Å²) in [7, 11) is -3.88. The van der Waals surface area contributed by atoms with Gasteiger partial charge >= 0.3 is 0 Å². The van der Waals surface area contributed by atoms with Gasteiger partial charge in [0.15, 0.2) is 0 Å². The summed E-state index contributed by atoms with van der Waals surface area (Å²) in [5, 5.41) is 10.5. The number of hydrogen-bond donors (Lipinski definition) is 2. The van der Waals surface area contributed by atoms with Gasteiger partial charge in [-0.3, -0.25) is 10.1 Å². The molecule has 0 amide bonds. The van der Waals surface area contributed by atoms with Gasteiger partial charge < -0.3 is 5.73 Å². The molecule has 1 saturated carbocycles. The summed E-state index contributed by atoms with van der Waals surface area (Å²) in [6.45, 7) is 0. The molecule has 0 radical (unpaired) electrons. The average molecular weight is 292 g/mol. The number of nitrogens with two attached hydrogens (primary N) is 1. The third-order valence-electron chi connectivity index (χ3n) is 2.56. The van der Waals surface area contributed by atoms with Gasteiger partial charge in [0.1, 0.15) is 4.90 Å². The predicted octanol–water partition coefficient (Wildman–Crippen LogP) is 0.626. The molecule has 0 aliphatic heterocycles. The molecule has 98 valence electrons. The first-order valence-electron chi connectivity index (χ1n) is 5.03. The first-order valence-corrected chi connectivity index (χ1v) is 6.89. The van der Waals surface area contributed by atoms with Crippen molar-refractivity contribution in [2.75, 3.05) is 0 Å². The van der Waals surface area contributed by atoms with Crippen molar-refractivity contribution < 1.29 is 13.3 Å². The SMILES string of the molecule is NC1CC1NS(=O)(=O)c1cc([N+](=O)[O-])ccc1Cl. The molecule has 2 rings (SSSR count). The van der Waals surface area contributed by atoms with Crippen LogP contribution < -0.4 is 10.5 Å². The fraction of sp³-hybridized carbons (Fsp3) is 0.333. The maximum absolute atomic E-state index is 12.0. The Morgan fingerprint density at radius 2 is 2.11 bits per heavy atom. The monoisotopic (exact) mass is 291 g/mol. The van der Waals surface area contributed by atoms with Crippen LogP contribution in [0.3, 0.4) is 0 Å². The molecular weight excluding hydrogens is 282 g/mol. The molecule has 0 saturated heterocycles. The third-order valence-corrected chi connectivity index (χ3v) is 4.53. The average Bonchev–Trinajstić information content (AvgIpc) is 2.93. The minimum Gasteiger partial charge on any atom is -0.326 e. The van der Waals surface area contributed by atoms with E-state index in [0.29, 0.717) is 6.42 Å². The van der Waals surface area contributed by atoms with Crippen molar-refractivity contribution in [3.63, 3.8) is 0 Å². The van der Waals surface area contributed by atoms with Gasteiger partial charge in [0.2, 0.25) is 10.0 Å². The number of sulfonamides is 1. The van der Waals surface area contributed by atoms with E-state index in [2.05, 4.69) is 4.72 Å². The number of nitrogens with zero attached hydrogens (tertiary/aromatic N) is 1. The largest absolute Gasteiger partial charge is 0.326 e. The molecule has 0 spiro atoms. The minimum absolute atomic E-state index is 0.0673. The highest BCUT2D eigenvalue weighted by Gasteiger charge is 2.38. The Balaban J connectivity index is 2.36. The maximum Gasteiger partial charge on any atom is 0.270 e. The summed E-state index contributed by atoms with van der Waals surface area (Å²) in [6.07, 6.45) is 0.547. The summed E-state index contributed by atoms with van der Waals surface area (Å²) in [6, 6.07) is 2.71. The molecule has 0 bridgehead atoms. The number of nitrogens with one attached hydrogen (secondary N) is 1. The second-order valence-electron chi connectivity index (χ2n) is 4.00. The van der Waals surface area contributed by atoms with Crippen LogP contribution in [0, 0.1) is 10.1 Å². The van der Waals surface area contributed by atoms with Crippen LogP contribution in [0.1, 0.15) is 6.42 Å². The second kappa shape index (κ2) is 4.47. The van der Waals surface area contributed by atoms with Crippen molar-refractivity contribution in [3.8, 4) is 0 Å². The molecule has 2 unspecified atom stereocenters. The van der Waals surface area contributed by atoms with Crippen LogP contribution in [-0.4, -0.2) is 25.4 Å². The summed E-state index contributed by atoms with van der Waals surface area (Å²) in [5.74, 6) is 0. The maximum atomic E-state index is 12.0. The molecule has 1 aliphatic carbocycles. The van der Waals surface area contributed by atoms with Crippen molar-refractivity contribution in [1.29, 1.82) is 0 Å². The van der Waals surface area contributed by atoms with Gasteiger partial charge in [-0.25, -0.2) is 13.1 Å². The molecule has 1 aromatic rings. The number of nitro benzene ring substituents is 1. The zero-order chi connectivity index (χ0) is 13.5. The lowest BCUT2D eigenvalue weighted by molar-refractivity contribution is -0.385. The van der Waals surface area contributed by atoms with E-state index in [1.165, 1.54) is 6.07 Å². The molecule has 1 aliphatic rings. The third kappa shape index (κ3) is 2.61. The molecule has 1 fully saturated rings. The van der Waals surface area contributed by atoms with E-state index >= 15 is 0 Å². The highest BCUT2D eigenvalue weighted by molar-refractivity contribution is 7.89. The first kappa shape index (κ1) is 13.2.